The van der Waals surface area contributed by atoms with Crippen LogP contribution < -0.4 is 10.6 Å². The predicted molar refractivity (Wildman–Crippen MR) is 122 cm³/mol. The molecule has 0 radical (unpaired) electrons. The van der Waals surface area contributed by atoms with Crippen LogP contribution in [0.3, 0.4) is 0 Å². The Morgan fingerprint density at radius 3 is 2.45 bits per heavy atom. The number of phenolic OH excluding ortho intramolecular Hbond substituents is 1. The molecule has 5 heteroatoms. The lowest BCUT2D eigenvalue weighted by atomic mass is 10.0. The summed E-state index contributed by atoms with van der Waals surface area (Å²) >= 11 is 0. The number of rotatable bonds is 3. The number of hydrogen-bond acceptors (Lipinski definition) is 3. The molecule has 3 N–H and O–H groups in total. The van der Waals surface area contributed by atoms with Gasteiger partial charge in [0.05, 0.1) is 5.56 Å². The van der Waals surface area contributed by atoms with Crippen LogP contribution in [0.4, 0.5) is 5.69 Å². The monoisotopic (exact) mass is 408 g/mol. The number of anilines is 1. The summed E-state index contributed by atoms with van der Waals surface area (Å²) in [5.74, 6) is -0.716. The molecule has 1 aliphatic carbocycles. The van der Waals surface area contributed by atoms with Crippen molar-refractivity contribution in [2.75, 3.05) is 12.4 Å². The first-order chi connectivity index (χ1) is 15.0. The smallest absolute Gasteiger partial charge is 0.259 e. The highest BCUT2D eigenvalue weighted by Crippen LogP contribution is 2.37. The number of nitrogens with one attached hydrogen (secondary N) is 2. The molecule has 0 saturated carbocycles. The van der Waals surface area contributed by atoms with Crippen molar-refractivity contribution in [3.8, 4) is 16.9 Å². The van der Waals surface area contributed by atoms with Crippen LogP contribution in [0.2, 0.25) is 0 Å². The molecule has 0 bridgehead atoms. The summed E-state index contributed by atoms with van der Waals surface area (Å²) < 4.78 is 0. The van der Waals surface area contributed by atoms with Crippen LogP contribution in [0, 0.1) is 0 Å². The molecule has 152 valence electrons. The number of hydrogen-bond donors (Lipinski definition) is 3. The summed E-state index contributed by atoms with van der Waals surface area (Å²) in [7, 11) is 1.57. The Morgan fingerprint density at radius 2 is 1.61 bits per heavy atom. The van der Waals surface area contributed by atoms with Crippen molar-refractivity contribution in [1.82, 2.24) is 5.32 Å². The van der Waals surface area contributed by atoms with Crippen molar-refractivity contribution >= 4 is 28.3 Å². The van der Waals surface area contributed by atoms with E-state index in [-0.39, 0.29) is 17.2 Å². The second kappa shape index (κ2) is 7.29. The summed E-state index contributed by atoms with van der Waals surface area (Å²) in [6.07, 6.45) is 0.832. The zero-order valence-electron chi connectivity index (χ0n) is 16.9. The van der Waals surface area contributed by atoms with Crippen molar-refractivity contribution in [2.24, 2.45) is 0 Å². The van der Waals surface area contributed by atoms with Crippen molar-refractivity contribution in [3.05, 3.63) is 95.1 Å². The van der Waals surface area contributed by atoms with Gasteiger partial charge >= 0.3 is 0 Å². The summed E-state index contributed by atoms with van der Waals surface area (Å²) in [5.41, 5.74) is 6.18. The molecular formula is C26H20N2O3. The van der Waals surface area contributed by atoms with Crippen LogP contribution in [-0.2, 0) is 6.42 Å². The number of fused-ring (bicyclic) bond motifs is 4. The summed E-state index contributed by atoms with van der Waals surface area (Å²) in [6.45, 7) is 0. The van der Waals surface area contributed by atoms with E-state index in [9.17, 15) is 14.7 Å². The van der Waals surface area contributed by atoms with Gasteiger partial charge in [-0.15, -0.1) is 0 Å². The number of aromatic hydroxyl groups is 1. The molecule has 5 rings (SSSR count). The van der Waals surface area contributed by atoms with Gasteiger partial charge in [0, 0.05) is 18.3 Å². The van der Waals surface area contributed by atoms with Crippen molar-refractivity contribution in [3.63, 3.8) is 0 Å². The third-order valence-electron chi connectivity index (χ3n) is 5.74. The molecular weight excluding hydrogens is 388 g/mol. The molecule has 2 amide bonds. The molecule has 4 aromatic carbocycles. The van der Waals surface area contributed by atoms with E-state index in [2.05, 4.69) is 22.8 Å². The van der Waals surface area contributed by atoms with E-state index < -0.39 is 5.91 Å². The Labute approximate surface area is 179 Å². The summed E-state index contributed by atoms with van der Waals surface area (Å²) in [4.78, 5) is 24.8. The Bertz CT molecular complexity index is 1370. The van der Waals surface area contributed by atoms with Gasteiger partial charge in [-0.25, -0.2) is 0 Å². The first kappa shape index (κ1) is 18.9. The van der Waals surface area contributed by atoms with Crippen LogP contribution in [0.1, 0.15) is 31.8 Å². The third kappa shape index (κ3) is 3.30. The lowest BCUT2D eigenvalue weighted by molar-refractivity contribution is 0.0962. The SMILES string of the molecule is CNC(=O)c1ccc2cc(O)c(C(=O)Nc3ccc4c(c3)Cc3ccccc3-4)cc2c1. The fourth-order valence-electron chi connectivity index (χ4n) is 4.17. The maximum absolute atomic E-state index is 12.9. The quantitative estimate of drug-likeness (QED) is 0.404. The van der Waals surface area contributed by atoms with Gasteiger partial charge in [0.1, 0.15) is 5.75 Å². The number of phenols is 1. The van der Waals surface area contributed by atoms with E-state index in [1.807, 2.05) is 30.3 Å². The van der Waals surface area contributed by atoms with Crippen LogP contribution >= 0.6 is 0 Å². The van der Waals surface area contributed by atoms with Gasteiger partial charge in [0.2, 0.25) is 0 Å². The van der Waals surface area contributed by atoms with Crippen LogP contribution in [0.5, 0.6) is 5.75 Å². The van der Waals surface area contributed by atoms with Crippen molar-refractivity contribution < 1.29 is 14.7 Å². The molecule has 0 unspecified atom stereocenters. The summed E-state index contributed by atoms with van der Waals surface area (Å²) in [5, 5.41) is 17.3. The minimum Gasteiger partial charge on any atom is -0.507 e. The fraction of sp³-hybridized carbons (Fsp3) is 0.0769. The second-order valence-electron chi connectivity index (χ2n) is 7.67. The molecule has 0 saturated heterocycles. The van der Waals surface area contributed by atoms with Gasteiger partial charge in [0.25, 0.3) is 11.8 Å². The van der Waals surface area contributed by atoms with Gasteiger partial charge in [-0.3, -0.25) is 9.59 Å². The maximum Gasteiger partial charge on any atom is 0.259 e. The van der Waals surface area contributed by atoms with E-state index in [0.29, 0.717) is 16.6 Å². The fourth-order valence-corrected chi connectivity index (χ4v) is 4.17. The molecule has 0 spiro atoms. The van der Waals surface area contributed by atoms with Crippen molar-refractivity contribution in [2.45, 2.75) is 6.42 Å². The molecule has 0 fully saturated rings. The highest BCUT2D eigenvalue weighted by Gasteiger charge is 2.19. The Balaban J connectivity index is 1.44. The molecule has 1 aliphatic rings. The minimum atomic E-state index is -0.403. The van der Waals surface area contributed by atoms with Gasteiger partial charge in [-0.05, 0) is 75.8 Å². The van der Waals surface area contributed by atoms with Gasteiger partial charge in [0.15, 0.2) is 0 Å². The second-order valence-corrected chi connectivity index (χ2v) is 7.67. The molecule has 31 heavy (non-hydrogen) atoms. The molecule has 0 atom stereocenters. The number of amides is 2. The maximum atomic E-state index is 12.9. The Kier molecular flexibility index (Phi) is 4.44. The standard InChI is InChI=1S/C26H20N2O3/c1-27-25(30)17-7-6-15-14-24(29)23(13-18(15)11-17)26(31)28-20-8-9-22-19(12-20)10-16-4-2-3-5-21(16)22/h2-9,11-14,29H,10H2,1H3,(H,27,30)(H,28,31). The lowest BCUT2D eigenvalue weighted by Crippen LogP contribution is -2.17. The molecule has 0 heterocycles. The highest BCUT2D eigenvalue weighted by molar-refractivity contribution is 6.09. The van der Waals surface area contributed by atoms with E-state index >= 15 is 0 Å². The first-order valence-electron chi connectivity index (χ1n) is 10.0. The topological polar surface area (TPSA) is 78.4 Å². The average molecular weight is 408 g/mol. The largest absolute Gasteiger partial charge is 0.507 e. The molecule has 0 aliphatic heterocycles. The highest BCUT2D eigenvalue weighted by atomic mass is 16.3. The van der Waals surface area contributed by atoms with Crippen LogP contribution in [-0.4, -0.2) is 24.0 Å². The molecule has 0 aromatic heterocycles. The van der Waals surface area contributed by atoms with Crippen LogP contribution in [0.25, 0.3) is 21.9 Å². The van der Waals surface area contributed by atoms with Gasteiger partial charge in [-0.1, -0.05) is 36.4 Å². The molecule has 4 aromatic rings. The Morgan fingerprint density at radius 1 is 0.806 bits per heavy atom. The van der Waals surface area contributed by atoms with Crippen molar-refractivity contribution in [1.29, 1.82) is 0 Å². The zero-order valence-corrected chi connectivity index (χ0v) is 16.9. The number of benzene rings is 4. The van der Waals surface area contributed by atoms with E-state index in [4.69, 9.17) is 0 Å². The van der Waals surface area contributed by atoms with E-state index in [1.54, 1.807) is 31.3 Å². The third-order valence-corrected chi connectivity index (χ3v) is 5.74. The lowest BCUT2D eigenvalue weighted by Gasteiger charge is -2.11. The van der Waals surface area contributed by atoms with Gasteiger partial charge < -0.3 is 15.7 Å². The van der Waals surface area contributed by atoms with E-state index in [0.717, 1.165) is 17.4 Å². The average Bonchev–Trinajstić information content (AvgIpc) is 3.15. The number of carbonyl (C=O) groups is 2. The number of carbonyl (C=O) groups excluding carboxylic acids is 2. The minimum absolute atomic E-state index is 0.105. The molecule has 5 nitrogen and oxygen atoms in total. The summed E-state index contributed by atoms with van der Waals surface area (Å²) in [6, 6.07) is 22.5. The predicted octanol–water partition coefficient (Wildman–Crippen LogP) is 4.73. The Hall–Kier alpha value is -4.12. The normalized spacial score (nSPS) is 11.6. The zero-order chi connectivity index (χ0) is 21.5. The van der Waals surface area contributed by atoms with Gasteiger partial charge in [-0.2, -0.15) is 0 Å². The van der Waals surface area contributed by atoms with Crippen LogP contribution in [0.15, 0.2) is 72.8 Å². The first-order valence-corrected chi connectivity index (χ1v) is 10.0. The van der Waals surface area contributed by atoms with E-state index in [1.165, 1.54) is 22.8 Å².